The highest BCUT2D eigenvalue weighted by Gasteiger charge is 2.22. The molecule has 0 atom stereocenters. The molecule has 0 spiro atoms. The number of benzene rings is 7. The van der Waals surface area contributed by atoms with Crippen LogP contribution in [0.1, 0.15) is 0 Å². The van der Waals surface area contributed by atoms with Crippen molar-refractivity contribution in [2.24, 2.45) is 0 Å². The van der Waals surface area contributed by atoms with Crippen LogP contribution in [0, 0.1) is 0 Å². The molecule has 5 heterocycles. The zero-order valence-electron chi connectivity index (χ0n) is 27.2. The Bertz CT molecular complexity index is 3140. The molecule has 6 heteroatoms. The summed E-state index contributed by atoms with van der Waals surface area (Å²) in [5.74, 6) is 1.77. The van der Waals surface area contributed by atoms with Crippen molar-refractivity contribution in [3.05, 3.63) is 158 Å². The summed E-state index contributed by atoms with van der Waals surface area (Å²) in [7, 11) is 0. The molecule has 0 amide bonds. The van der Waals surface area contributed by atoms with Crippen LogP contribution in [0.4, 0.5) is 0 Å². The molecule has 12 aromatic rings. The first-order chi connectivity index (χ1) is 25.3. The van der Waals surface area contributed by atoms with E-state index in [0.29, 0.717) is 17.7 Å². The fourth-order valence-electron chi connectivity index (χ4n) is 8.53. The molecule has 0 N–H and O–H groups in total. The Morgan fingerprint density at radius 1 is 0.314 bits per heavy atom. The first-order valence-corrected chi connectivity index (χ1v) is 17.2. The zero-order valence-corrected chi connectivity index (χ0v) is 27.2. The van der Waals surface area contributed by atoms with Crippen molar-refractivity contribution in [1.29, 1.82) is 0 Å². The van der Waals surface area contributed by atoms with E-state index >= 15 is 0 Å². The fourth-order valence-corrected chi connectivity index (χ4v) is 8.53. The van der Waals surface area contributed by atoms with Crippen LogP contribution in [-0.4, -0.2) is 28.5 Å². The maximum absolute atomic E-state index is 5.31. The maximum Gasteiger partial charge on any atom is 0.240 e. The van der Waals surface area contributed by atoms with Gasteiger partial charge in [-0.3, -0.25) is 9.13 Å². The highest BCUT2D eigenvalue weighted by molar-refractivity contribution is 6.23. The summed E-state index contributed by atoms with van der Waals surface area (Å²) in [5, 5.41) is 9.62. The van der Waals surface area contributed by atoms with Gasteiger partial charge in [-0.15, -0.1) is 0 Å². The molecule has 236 valence electrons. The normalized spacial score (nSPS) is 12.3. The van der Waals surface area contributed by atoms with E-state index in [0.717, 1.165) is 54.7 Å². The molecule has 0 aliphatic rings. The Hall–Kier alpha value is -7.05. The molecule has 0 fully saturated rings. The topological polar surface area (TPSA) is 52.9 Å². The van der Waals surface area contributed by atoms with Gasteiger partial charge in [-0.25, -0.2) is 0 Å². The summed E-state index contributed by atoms with van der Waals surface area (Å²) >= 11 is 0. The van der Waals surface area contributed by atoms with Crippen LogP contribution < -0.4 is 0 Å². The molecule has 0 aliphatic carbocycles. The van der Waals surface area contributed by atoms with Gasteiger partial charge in [0, 0.05) is 48.7 Å². The van der Waals surface area contributed by atoms with E-state index in [1.54, 1.807) is 0 Å². The molecule has 5 aromatic heterocycles. The third-order valence-corrected chi connectivity index (χ3v) is 10.7. The first-order valence-electron chi connectivity index (χ1n) is 17.2. The molecule has 12 rings (SSSR count). The number of para-hydroxylation sites is 6. The van der Waals surface area contributed by atoms with Crippen molar-refractivity contribution in [2.45, 2.75) is 0 Å². The number of rotatable bonds is 3. The molecule has 0 saturated heterocycles. The Morgan fingerprint density at radius 2 is 0.706 bits per heavy atom. The predicted octanol–water partition coefficient (Wildman–Crippen LogP) is 10.9. The fraction of sp³-hybridized carbons (Fsp3) is 0. The molecule has 51 heavy (non-hydrogen) atoms. The van der Waals surface area contributed by atoms with E-state index in [9.17, 15) is 0 Å². The molecule has 0 aliphatic heterocycles. The van der Waals surface area contributed by atoms with Gasteiger partial charge >= 0.3 is 0 Å². The molecule has 6 nitrogen and oxygen atoms in total. The van der Waals surface area contributed by atoms with Crippen LogP contribution in [0.2, 0.25) is 0 Å². The van der Waals surface area contributed by atoms with Gasteiger partial charge in [0.1, 0.15) is 0 Å². The van der Waals surface area contributed by atoms with Crippen LogP contribution in [0.25, 0.3) is 105 Å². The molecule has 0 bridgehead atoms. The summed E-state index contributed by atoms with van der Waals surface area (Å²) in [6, 6.07) is 55.9. The SMILES string of the molecule is c1ccc2c(c1)c1ccccc1n2-c1nc(-c2ccc3c4cccc5c6ccccc6n(c3c2)c54)nc(-n2c3ccccc3c3ccccc32)n1. The second kappa shape index (κ2) is 9.77. The summed E-state index contributed by atoms with van der Waals surface area (Å²) in [6.07, 6.45) is 0. The highest BCUT2D eigenvalue weighted by atomic mass is 15.3. The Morgan fingerprint density at radius 3 is 1.20 bits per heavy atom. The minimum Gasteiger partial charge on any atom is -0.308 e. The lowest BCUT2D eigenvalue weighted by molar-refractivity contribution is 0.893. The van der Waals surface area contributed by atoms with Crippen molar-refractivity contribution < 1.29 is 0 Å². The highest BCUT2D eigenvalue weighted by Crippen LogP contribution is 2.40. The van der Waals surface area contributed by atoms with E-state index < -0.39 is 0 Å². The van der Waals surface area contributed by atoms with Crippen LogP contribution in [0.3, 0.4) is 0 Å². The quantitative estimate of drug-likeness (QED) is 0.191. The van der Waals surface area contributed by atoms with Crippen molar-refractivity contribution in [1.82, 2.24) is 28.5 Å². The lowest BCUT2D eigenvalue weighted by Gasteiger charge is -2.12. The minimum absolute atomic E-state index is 0.576. The van der Waals surface area contributed by atoms with Crippen molar-refractivity contribution >= 4 is 81.7 Å². The molecular formula is C45H26N6. The van der Waals surface area contributed by atoms with Crippen molar-refractivity contribution in [3.8, 4) is 23.3 Å². The second-order valence-electron chi connectivity index (χ2n) is 13.3. The molecular weight excluding hydrogens is 625 g/mol. The molecule has 0 unspecified atom stereocenters. The van der Waals surface area contributed by atoms with Crippen molar-refractivity contribution in [2.75, 3.05) is 0 Å². The predicted molar refractivity (Wildman–Crippen MR) is 209 cm³/mol. The monoisotopic (exact) mass is 650 g/mol. The summed E-state index contributed by atoms with van der Waals surface area (Å²) < 4.78 is 6.76. The van der Waals surface area contributed by atoms with Gasteiger partial charge in [0.05, 0.1) is 38.6 Å². The smallest absolute Gasteiger partial charge is 0.240 e. The zero-order chi connectivity index (χ0) is 33.2. The minimum atomic E-state index is 0.576. The Labute approximate surface area is 290 Å². The third-order valence-electron chi connectivity index (χ3n) is 10.7. The molecule has 0 saturated carbocycles. The second-order valence-corrected chi connectivity index (χ2v) is 13.3. The van der Waals surface area contributed by atoms with Crippen LogP contribution in [0.5, 0.6) is 0 Å². The number of fused-ring (bicyclic) bond motifs is 12. The largest absolute Gasteiger partial charge is 0.308 e. The van der Waals surface area contributed by atoms with Gasteiger partial charge in [-0.2, -0.15) is 15.0 Å². The lowest BCUT2D eigenvalue weighted by atomic mass is 10.1. The van der Waals surface area contributed by atoms with E-state index in [2.05, 4.69) is 171 Å². The van der Waals surface area contributed by atoms with Gasteiger partial charge in [-0.1, -0.05) is 121 Å². The van der Waals surface area contributed by atoms with Gasteiger partial charge in [0.15, 0.2) is 5.82 Å². The first kappa shape index (κ1) is 26.9. The standard InChI is InChI=1S/C45H26N6/c1-7-20-37-28(12-1)29-13-2-8-21-38(29)50(37)44-46-43(47-45(48-44)51-39-22-9-3-14-30(39)31-15-4-10-23-40(31)51)27-24-25-33-35-18-11-17-34-32-16-5-6-19-36(32)49(42(34)35)41(33)26-27/h1-26H. The average molecular weight is 651 g/mol. The molecule has 0 radical (unpaired) electrons. The summed E-state index contributed by atoms with van der Waals surface area (Å²) in [4.78, 5) is 15.9. The third kappa shape index (κ3) is 3.52. The summed E-state index contributed by atoms with van der Waals surface area (Å²) in [5.41, 5.74) is 8.71. The number of hydrogen-bond donors (Lipinski definition) is 0. The number of aromatic nitrogens is 6. The van der Waals surface area contributed by atoms with E-state index in [-0.39, 0.29) is 0 Å². The van der Waals surface area contributed by atoms with E-state index in [4.69, 9.17) is 15.0 Å². The van der Waals surface area contributed by atoms with Gasteiger partial charge in [0.25, 0.3) is 0 Å². The maximum atomic E-state index is 5.31. The van der Waals surface area contributed by atoms with Gasteiger partial charge in [0.2, 0.25) is 11.9 Å². The summed E-state index contributed by atoms with van der Waals surface area (Å²) in [6.45, 7) is 0. The van der Waals surface area contributed by atoms with E-state index in [1.165, 1.54) is 32.6 Å². The Kier molecular flexibility index (Phi) is 5.14. The number of nitrogens with zero attached hydrogens (tertiary/aromatic N) is 6. The van der Waals surface area contributed by atoms with Crippen LogP contribution in [-0.2, 0) is 0 Å². The average Bonchev–Trinajstić information content (AvgIpc) is 3.92. The van der Waals surface area contributed by atoms with Gasteiger partial charge in [-0.05, 0) is 36.4 Å². The van der Waals surface area contributed by atoms with Crippen LogP contribution >= 0.6 is 0 Å². The van der Waals surface area contributed by atoms with E-state index in [1.807, 2.05) is 0 Å². The van der Waals surface area contributed by atoms with Crippen molar-refractivity contribution in [3.63, 3.8) is 0 Å². The number of hydrogen-bond acceptors (Lipinski definition) is 3. The molecule has 7 aromatic carbocycles. The van der Waals surface area contributed by atoms with Gasteiger partial charge < -0.3 is 4.40 Å². The lowest BCUT2D eigenvalue weighted by Crippen LogP contribution is -2.10. The van der Waals surface area contributed by atoms with Crippen LogP contribution in [0.15, 0.2) is 158 Å². The Balaban J connectivity index is 1.20.